The maximum Gasteiger partial charge on any atom is 0.224 e. The lowest BCUT2D eigenvalue weighted by Gasteiger charge is -2.41. The predicted octanol–water partition coefficient (Wildman–Crippen LogP) is 2.99. The van der Waals surface area contributed by atoms with E-state index in [0.29, 0.717) is 23.8 Å². The Morgan fingerprint density at radius 3 is 2.57 bits per heavy atom. The molecular formula is C23H38N6O. The summed E-state index contributed by atoms with van der Waals surface area (Å²) in [7, 11) is 1.84. The summed E-state index contributed by atoms with van der Waals surface area (Å²) in [5.41, 5.74) is 0. The Morgan fingerprint density at radius 2 is 1.80 bits per heavy atom. The standard InChI is InChI=1S/C23H38N6O/c1-24-23-25-11-8-21(26-23)28-15-9-19(10-16-28)17-22(30)29-14-6-3-7-20(29)18-27-12-4-2-5-13-27/h8,11,19-20H,2-7,9-10,12-18H2,1H3,(H,24,25,26). The fraction of sp³-hybridized carbons (Fsp3) is 0.783. The van der Waals surface area contributed by atoms with Crippen LogP contribution in [0, 0.1) is 5.92 Å². The smallest absolute Gasteiger partial charge is 0.224 e. The number of piperidine rings is 3. The van der Waals surface area contributed by atoms with Crippen molar-refractivity contribution < 1.29 is 4.79 Å². The normalized spacial score (nSPS) is 24.1. The van der Waals surface area contributed by atoms with Crippen LogP contribution in [0.3, 0.4) is 0 Å². The summed E-state index contributed by atoms with van der Waals surface area (Å²) >= 11 is 0. The maximum atomic E-state index is 13.2. The van der Waals surface area contributed by atoms with Gasteiger partial charge in [0.1, 0.15) is 5.82 Å². The van der Waals surface area contributed by atoms with E-state index in [9.17, 15) is 4.79 Å². The Balaban J connectivity index is 1.27. The Kier molecular flexibility index (Phi) is 7.42. The van der Waals surface area contributed by atoms with E-state index in [2.05, 4.69) is 30.0 Å². The van der Waals surface area contributed by atoms with Crippen molar-refractivity contribution in [2.45, 2.75) is 63.8 Å². The van der Waals surface area contributed by atoms with E-state index >= 15 is 0 Å². The van der Waals surface area contributed by atoms with Crippen LogP contribution in [0.1, 0.15) is 57.8 Å². The molecule has 1 atom stereocenters. The Bertz CT molecular complexity index is 684. The fourth-order valence-corrected chi connectivity index (χ4v) is 5.33. The first-order valence-electron chi connectivity index (χ1n) is 12.0. The molecule has 4 heterocycles. The molecule has 7 heteroatoms. The summed E-state index contributed by atoms with van der Waals surface area (Å²) in [6.07, 6.45) is 12.3. The number of rotatable bonds is 6. The topological polar surface area (TPSA) is 64.6 Å². The van der Waals surface area contributed by atoms with E-state index in [1.54, 1.807) is 0 Å². The highest BCUT2D eigenvalue weighted by Crippen LogP contribution is 2.27. The van der Waals surface area contributed by atoms with Gasteiger partial charge in [-0.15, -0.1) is 0 Å². The molecule has 0 radical (unpaired) electrons. The molecule has 3 saturated heterocycles. The molecule has 7 nitrogen and oxygen atoms in total. The highest BCUT2D eigenvalue weighted by molar-refractivity contribution is 5.77. The van der Waals surface area contributed by atoms with Crippen LogP contribution in [0.5, 0.6) is 0 Å². The number of amides is 1. The molecule has 3 fully saturated rings. The van der Waals surface area contributed by atoms with Crippen LogP contribution in [-0.2, 0) is 4.79 Å². The lowest BCUT2D eigenvalue weighted by molar-refractivity contribution is -0.136. The molecule has 1 unspecified atom stereocenters. The highest BCUT2D eigenvalue weighted by Gasteiger charge is 2.31. The van der Waals surface area contributed by atoms with Crippen molar-refractivity contribution in [2.75, 3.05) is 56.5 Å². The van der Waals surface area contributed by atoms with Crippen LogP contribution in [0.15, 0.2) is 12.3 Å². The van der Waals surface area contributed by atoms with Gasteiger partial charge >= 0.3 is 0 Å². The monoisotopic (exact) mass is 414 g/mol. The van der Waals surface area contributed by atoms with Gasteiger partial charge in [-0.3, -0.25) is 4.79 Å². The minimum Gasteiger partial charge on any atom is -0.357 e. The second-order valence-electron chi connectivity index (χ2n) is 9.22. The van der Waals surface area contributed by atoms with Crippen LogP contribution in [0.4, 0.5) is 11.8 Å². The summed E-state index contributed by atoms with van der Waals surface area (Å²) in [5.74, 6) is 2.54. The van der Waals surface area contributed by atoms with Gasteiger partial charge in [-0.25, -0.2) is 4.98 Å². The minimum atomic E-state index is 0.398. The van der Waals surface area contributed by atoms with E-state index in [0.717, 1.165) is 51.3 Å². The maximum absolute atomic E-state index is 13.2. The van der Waals surface area contributed by atoms with E-state index < -0.39 is 0 Å². The van der Waals surface area contributed by atoms with Crippen LogP contribution in [0.25, 0.3) is 0 Å². The summed E-state index contributed by atoms with van der Waals surface area (Å²) in [5, 5.41) is 3.01. The fourth-order valence-electron chi connectivity index (χ4n) is 5.33. The second kappa shape index (κ2) is 10.4. The third-order valence-corrected chi connectivity index (χ3v) is 7.13. The highest BCUT2D eigenvalue weighted by atomic mass is 16.2. The van der Waals surface area contributed by atoms with Crippen molar-refractivity contribution in [1.82, 2.24) is 19.8 Å². The van der Waals surface area contributed by atoms with Crippen molar-refractivity contribution in [2.24, 2.45) is 5.92 Å². The van der Waals surface area contributed by atoms with Gasteiger partial charge in [0, 0.05) is 51.9 Å². The second-order valence-corrected chi connectivity index (χ2v) is 9.22. The number of carbonyl (C=O) groups excluding carboxylic acids is 1. The third-order valence-electron chi connectivity index (χ3n) is 7.13. The van der Waals surface area contributed by atoms with Gasteiger partial charge in [0.25, 0.3) is 0 Å². The van der Waals surface area contributed by atoms with Crippen LogP contribution < -0.4 is 10.2 Å². The van der Waals surface area contributed by atoms with Gasteiger partial charge in [0.05, 0.1) is 0 Å². The molecule has 3 aliphatic heterocycles. The van der Waals surface area contributed by atoms with Gasteiger partial charge in [-0.1, -0.05) is 6.42 Å². The lowest BCUT2D eigenvalue weighted by Crippen LogP contribution is -2.50. The van der Waals surface area contributed by atoms with Gasteiger partial charge in [-0.05, 0) is 70.0 Å². The molecule has 166 valence electrons. The first-order valence-corrected chi connectivity index (χ1v) is 12.0. The van der Waals surface area contributed by atoms with E-state index in [1.807, 2.05) is 19.3 Å². The molecule has 1 aromatic rings. The summed E-state index contributed by atoms with van der Waals surface area (Å²) in [6.45, 7) is 6.42. The number of hydrogen-bond donors (Lipinski definition) is 1. The van der Waals surface area contributed by atoms with Gasteiger partial charge in [0.2, 0.25) is 11.9 Å². The number of likely N-dealkylation sites (tertiary alicyclic amines) is 2. The summed E-state index contributed by atoms with van der Waals surface area (Å²) in [4.78, 5) is 29.2. The minimum absolute atomic E-state index is 0.398. The molecule has 0 bridgehead atoms. The number of nitrogens with one attached hydrogen (secondary N) is 1. The largest absolute Gasteiger partial charge is 0.357 e. The zero-order valence-corrected chi connectivity index (χ0v) is 18.6. The molecule has 1 aromatic heterocycles. The number of nitrogens with zero attached hydrogens (tertiary/aromatic N) is 5. The van der Waals surface area contributed by atoms with Crippen LogP contribution in [0.2, 0.25) is 0 Å². The van der Waals surface area contributed by atoms with Gasteiger partial charge in [-0.2, -0.15) is 4.98 Å². The average molecular weight is 415 g/mol. The van der Waals surface area contributed by atoms with Crippen LogP contribution >= 0.6 is 0 Å². The SMILES string of the molecule is CNc1nccc(N2CCC(CC(=O)N3CCCCC3CN3CCCCC3)CC2)n1. The molecular weight excluding hydrogens is 376 g/mol. The molecule has 0 aromatic carbocycles. The zero-order valence-electron chi connectivity index (χ0n) is 18.6. The van der Waals surface area contributed by atoms with Crippen molar-refractivity contribution in [3.63, 3.8) is 0 Å². The Morgan fingerprint density at radius 1 is 1.03 bits per heavy atom. The van der Waals surface area contributed by atoms with E-state index in [1.165, 1.54) is 51.6 Å². The molecule has 3 aliphatic rings. The quantitative estimate of drug-likeness (QED) is 0.772. The molecule has 0 spiro atoms. The first-order chi connectivity index (χ1) is 14.7. The lowest BCUT2D eigenvalue weighted by atomic mass is 9.91. The molecule has 0 aliphatic carbocycles. The zero-order chi connectivity index (χ0) is 20.8. The molecule has 0 saturated carbocycles. The number of carbonyl (C=O) groups is 1. The van der Waals surface area contributed by atoms with Crippen molar-refractivity contribution >= 4 is 17.7 Å². The van der Waals surface area contributed by atoms with Crippen molar-refractivity contribution in [3.8, 4) is 0 Å². The first kappa shape index (κ1) is 21.3. The number of hydrogen-bond acceptors (Lipinski definition) is 6. The van der Waals surface area contributed by atoms with Crippen molar-refractivity contribution in [3.05, 3.63) is 12.3 Å². The summed E-state index contributed by atoms with van der Waals surface area (Å²) in [6, 6.07) is 2.41. The summed E-state index contributed by atoms with van der Waals surface area (Å²) < 4.78 is 0. The number of aromatic nitrogens is 2. The molecule has 4 rings (SSSR count). The van der Waals surface area contributed by atoms with Crippen LogP contribution in [-0.4, -0.2) is 78.0 Å². The molecule has 1 N–H and O–H groups in total. The van der Waals surface area contributed by atoms with Gasteiger partial charge in [0.15, 0.2) is 0 Å². The van der Waals surface area contributed by atoms with Gasteiger partial charge < -0.3 is 20.0 Å². The Hall–Kier alpha value is -1.89. The van der Waals surface area contributed by atoms with E-state index in [-0.39, 0.29) is 0 Å². The predicted molar refractivity (Wildman–Crippen MR) is 121 cm³/mol. The van der Waals surface area contributed by atoms with E-state index in [4.69, 9.17) is 0 Å². The average Bonchev–Trinajstić information content (AvgIpc) is 2.80. The third kappa shape index (κ3) is 5.42. The molecule has 30 heavy (non-hydrogen) atoms. The molecule has 1 amide bonds. The number of anilines is 2. The Labute approximate surface area is 181 Å². The van der Waals surface area contributed by atoms with Crippen molar-refractivity contribution in [1.29, 1.82) is 0 Å².